The molecule has 2 aliphatic heterocycles. The van der Waals surface area contributed by atoms with Crippen LogP contribution in [0.1, 0.15) is 44.6 Å². The summed E-state index contributed by atoms with van der Waals surface area (Å²) in [6, 6.07) is 8.72. The average molecular weight is 402 g/mol. The van der Waals surface area contributed by atoms with E-state index in [1.165, 1.54) is 5.69 Å². The Morgan fingerprint density at radius 1 is 1.24 bits per heavy atom. The van der Waals surface area contributed by atoms with Gasteiger partial charge in [0.15, 0.2) is 0 Å². The molecule has 3 rings (SSSR count). The molecule has 1 amide bonds. The number of piperidine rings is 1. The number of benzene rings is 1. The van der Waals surface area contributed by atoms with E-state index in [0.29, 0.717) is 18.6 Å². The van der Waals surface area contributed by atoms with Crippen molar-refractivity contribution in [3.8, 4) is 0 Å². The monoisotopic (exact) mass is 401 g/mol. The minimum absolute atomic E-state index is 0.0873. The third-order valence-corrected chi connectivity index (χ3v) is 6.46. The minimum atomic E-state index is -0.169. The number of carbonyl (C=O) groups excluding carboxylic acids is 2. The summed E-state index contributed by atoms with van der Waals surface area (Å²) >= 11 is 0. The molecule has 1 unspecified atom stereocenters. The van der Waals surface area contributed by atoms with Gasteiger partial charge in [-0.15, -0.1) is 0 Å². The van der Waals surface area contributed by atoms with Crippen molar-refractivity contribution in [3.63, 3.8) is 0 Å². The maximum absolute atomic E-state index is 11.9. The van der Waals surface area contributed by atoms with Gasteiger partial charge in [-0.25, -0.2) is 4.79 Å². The fourth-order valence-electron chi connectivity index (χ4n) is 4.64. The van der Waals surface area contributed by atoms with Gasteiger partial charge in [0.2, 0.25) is 0 Å². The zero-order valence-corrected chi connectivity index (χ0v) is 18.0. The molecule has 0 bridgehead atoms. The minimum Gasteiger partial charge on any atom is -0.450 e. The molecule has 0 radical (unpaired) electrons. The topological polar surface area (TPSA) is 53.1 Å². The van der Waals surface area contributed by atoms with Gasteiger partial charge in [0, 0.05) is 57.4 Å². The van der Waals surface area contributed by atoms with E-state index < -0.39 is 0 Å². The van der Waals surface area contributed by atoms with Crippen LogP contribution in [-0.2, 0) is 9.53 Å². The standard InChI is InChI=1S/C23H35N3O3/c1-4-29-23(28)26-13-9-19(10-14-26)15-25-12-11-20(16-25)24(3)22-8-6-5-7-21(22)18(2)17-27/h5-8,17-20H,4,9-16H2,1-3H3/t18?,20-/m0/s1. The van der Waals surface area contributed by atoms with Crippen LogP contribution in [0.5, 0.6) is 0 Å². The lowest BCUT2D eigenvalue weighted by atomic mass is 9.96. The Morgan fingerprint density at radius 2 is 1.97 bits per heavy atom. The lowest BCUT2D eigenvalue weighted by Gasteiger charge is -2.34. The number of hydrogen-bond acceptors (Lipinski definition) is 5. The number of likely N-dealkylation sites (tertiary alicyclic amines) is 2. The highest BCUT2D eigenvalue weighted by atomic mass is 16.6. The number of amides is 1. The first-order valence-electron chi connectivity index (χ1n) is 10.9. The normalized spacial score (nSPS) is 21.8. The number of para-hydroxylation sites is 1. The van der Waals surface area contributed by atoms with Crippen LogP contribution in [0.15, 0.2) is 24.3 Å². The quantitative estimate of drug-likeness (QED) is 0.656. The first-order valence-corrected chi connectivity index (χ1v) is 10.9. The number of carbonyl (C=O) groups is 2. The molecule has 2 aliphatic rings. The van der Waals surface area contributed by atoms with E-state index in [1.54, 1.807) is 0 Å². The Hall–Kier alpha value is -2.08. The van der Waals surface area contributed by atoms with Crippen molar-refractivity contribution in [1.82, 2.24) is 9.80 Å². The summed E-state index contributed by atoms with van der Waals surface area (Å²) in [5.41, 5.74) is 2.27. The highest BCUT2D eigenvalue weighted by molar-refractivity contribution is 5.69. The Kier molecular flexibility index (Phi) is 7.53. The summed E-state index contributed by atoms with van der Waals surface area (Å²) in [5.74, 6) is 0.558. The van der Waals surface area contributed by atoms with E-state index in [1.807, 2.05) is 24.8 Å². The van der Waals surface area contributed by atoms with E-state index in [0.717, 1.165) is 63.8 Å². The third-order valence-electron chi connectivity index (χ3n) is 6.46. The largest absolute Gasteiger partial charge is 0.450 e. The van der Waals surface area contributed by atoms with Crippen molar-refractivity contribution in [1.29, 1.82) is 0 Å². The summed E-state index contributed by atoms with van der Waals surface area (Å²) in [4.78, 5) is 29.9. The molecular weight excluding hydrogens is 366 g/mol. The molecule has 0 saturated carbocycles. The highest BCUT2D eigenvalue weighted by Crippen LogP contribution is 2.30. The van der Waals surface area contributed by atoms with Gasteiger partial charge >= 0.3 is 6.09 Å². The number of likely N-dealkylation sites (N-methyl/N-ethyl adjacent to an activating group) is 1. The number of ether oxygens (including phenoxy) is 1. The first-order chi connectivity index (χ1) is 14.0. The smallest absolute Gasteiger partial charge is 0.409 e. The second kappa shape index (κ2) is 10.1. The Balaban J connectivity index is 1.51. The van der Waals surface area contributed by atoms with Crippen molar-refractivity contribution in [2.24, 2.45) is 5.92 Å². The molecule has 1 aromatic rings. The van der Waals surface area contributed by atoms with E-state index in [4.69, 9.17) is 4.74 Å². The van der Waals surface area contributed by atoms with Crippen molar-refractivity contribution in [2.45, 2.75) is 45.1 Å². The van der Waals surface area contributed by atoms with Gasteiger partial charge in [-0.05, 0) is 43.7 Å². The van der Waals surface area contributed by atoms with E-state index >= 15 is 0 Å². The van der Waals surface area contributed by atoms with E-state index in [2.05, 4.69) is 35.0 Å². The highest BCUT2D eigenvalue weighted by Gasteiger charge is 2.30. The third kappa shape index (κ3) is 5.30. The van der Waals surface area contributed by atoms with Crippen LogP contribution >= 0.6 is 0 Å². The van der Waals surface area contributed by atoms with Gasteiger partial charge in [0.05, 0.1) is 6.61 Å². The molecule has 1 aromatic carbocycles. The zero-order chi connectivity index (χ0) is 20.8. The number of rotatable bonds is 7. The molecule has 29 heavy (non-hydrogen) atoms. The molecule has 0 aliphatic carbocycles. The zero-order valence-electron chi connectivity index (χ0n) is 18.0. The predicted molar refractivity (Wildman–Crippen MR) is 115 cm³/mol. The van der Waals surface area contributed by atoms with E-state index in [9.17, 15) is 9.59 Å². The van der Waals surface area contributed by atoms with Crippen molar-refractivity contribution in [3.05, 3.63) is 29.8 Å². The van der Waals surface area contributed by atoms with Gasteiger partial charge in [-0.1, -0.05) is 25.1 Å². The second-order valence-electron chi connectivity index (χ2n) is 8.43. The molecule has 0 N–H and O–H groups in total. The van der Waals surface area contributed by atoms with Crippen LogP contribution in [0.25, 0.3) is 0 Å². The van der Waals surface area contributed by atoms with Crippen LogP contribution in [0.4, 0.5) is 10.5 Å². The van der Waals surface area contributed by atoms with Crippen LogP contribution in [-0.4, -0.2) is 74.6 Å². The number of hydrogen-bond donors (Lipinski definition) is 0. The van der Waals surface area contributed by atoms with Crippen molar-refractivity contribution >= 4 is 18.1 Å². The predicted octanol–water partition coefficient (Wildman–Crippen LogP) is 3.37. The average Bonchev–Trinajstić information content (AvgIpc) is 3.21. The van der Waals surface area contributed by atoms with Crippen LogP contribution in [0, 0.1) is 5.92 Å². The summed E-state index contributed by atoms with van der Waals surface area (Å²) in [7, 11) is 2.16. The Morgan fingerprint density at radius 3 is 2.66 bits per heavy atom. The van der Waals surface area contributed by atoms with Crippen LogP contribution in [0.3, 0.4) is 0 Å². The Labute approximate surface area is 174 Å². The van der Waals surface area contributed by atoms with Crippen molar-refractivity contribution < 1.29 is 14.3 Å². The summed E-state index contributed by atoms with van der Waals surface area (Å²) in [6.07, 6.45) is 4.10. The molecule has 2 atom stereocenters. The molecule has 160 valence electrons. The second-order valence-corrected chi connectivity index (χ2v) is 8.43. The van der Waals surface area contributed by atoms with Crippen LogP contribution in [0.2, 0.25) is 0 Å². The summed E-state index contributed by atoms with van der Waals surface area (Å²) in [6.45, 7) is 9.13. The number of aldehydes is 1. The Bertz CT molecular complexity index is 688. The summed E-state index contributed by atoms with van der Waals surface area (Å²) in [5, 5.41) is 0. The molecule has 2 saturated heterocycles. The SMILES string of the molecule is CCOC(=O)N1CCC(CN2CC[C@H](N(C)c3ccccc3C(C)C=O)C2)CC1. The van der Waals surface area contributed by atoms with Crippen molar-refractivity contribution in [2.75, 3.05) is 51.3 Å². The maximum Gasteiger partial charge on any atom is 0.409 e. The van der Waals surface area contributed by atoms with E-state index in [-0.39, 0.29) is 12.0 Å². The summed E-state index contributed by atoms with van der Waals surface area (Å²) < 4.78 is 5.12. The fraction of sp³-hybridized carbons (Fsp3) is 0.652. The van der Waals surface area contributed by atoms with Crippen LogP contribution < -0.4 is 4.90 Å². The maximum atomic E-state index is 11.9. The van der Waals surface area contributed by atoms with Gasteiger partial charge in [-0.3, -0.25) is 0 Å². The van der Waals surface area contributed by atoms with Gasteiger partial charge in [-0.2, -0.15) is 0 Å². The molecule has 6 nitrogen and oxygen atoms in total. The lowest BCUT2D eigenvalue weighted by molar-refractivity contribution is -0.108. The van der Waals surface area contributed by atoms with Gasteiger partial charge in [0.1, 0.15) is 6.29 Å². The van der Waals surface area contributed by atoms with Gasteiger partial charge in [0.25, 0.3) is 0 Å². The number of anilines is 1. The fourth-order valence-corrected chi connectivity index (χ4v) is 4.64. The van der Waals surface area contributed by atoms with Gasteiger partial charge < -0.3 is 24.2 Å². The first kappa shape index (κ1) is 21.6. The molecular formula is C23H35N3O3. The molecule has 2 heterocycles. The molecule has 0 aromatic heterocycles. The molecule has 0 spiro atoms. The molecule has 6 heteroatoms. The lowest BCUT2D eigenvalue weighted by Crippen LogP contribution is -2.42. The number of nitrogens with zero attached hydrogens (tertiary/aromatic N) is 3. The molecule has 2 fully saturated rings.